The van der Waals surface area contributed by atoms with Crippen LogP contribution in [0.1, 0.15) is 40.0 Å². The molecule has 0 saturated carbocycles. The number of hydrogen-bond donors (Lipinski definition) is 3. The van der Waals surface area contributed by atoms with Crippen molar-refractivity contribution in [2.75, 3.05) is 26.2 Å². The number of carbonyl (C=O) groups is 1. The average molecular weight is 272 g/mol. The molecule has 1 amide bonds. The first-order valence-electron chi connectivity index (χ1n) is 7.08. The van der Waals surface area contributed by atoms with Gasteiger partial charge in [0.1, 0.15) is 0 Å². The topological polar surface area (TPSA) is 91.0 Å². The van der Waals surface area contributed by atoms with Gasteiger partial charge in [-0.2, -0.15) is 0 Å². The van der Waals surface area contributed by atoms with Crippen molar-refractivity contribution in [3.8, 4) is 0 Å². The lowest BCUT2D eigenvalue weighted by Gasteiger charge is -2.20. The Morgan fingerprint density at radius 3 is 2.47 bits per heavy atom. The largest absolute Gasteiger partial charge is 0.409 e. The molecular formula is C13H28N4O2. The summed E-state index contributed by atoms with van der Waals surface area (Å²) in [5.41, 5.74) is 5.54. The van der Waals surface area contributed by atoms with E-state index in [-0.39, 0.29) is 11.7 Å². The molecule has 0 radical (unpaired) electrons. The zero-order valence-corrected chi connectivity index (χ0v) is 12.4. The summed E-state index contributed by atoms with van der Waals surface area (Å²) in [5, 5.41) is 14.5. The fourth-order valence-electron chi connectivity index (χ4n) is 1.98. The van der Waals surface area contributed by atoms with Crippen LogP contribution in [0, 0.1) is 5.92 Å². The molecule has 0 bridgehead atoms. The van der Waals surface area contributed by atoms with Crippen LogP contribution in [0.5, 0.6) is 0 Å². The summed E-state index contributed by atoms with van der Waals surface area (Å²) >= 11 is 0. The minimum absolute atomic E-state index is 0.0137. The molecule has 6 heteroatoms. The summed E-state index contributed by atoms with van der Waals surface area (Å²) in [5.74, 6) is -0.707. The van der Waals surface area contributed by atoms with E-state index in [0.29, 0.717) is 13.0 Å². The van der Waals surface area contributed by atoms with Crippen molar-refractivity contribution in [3.05, 3.63) is 0 Å². The number of amidine groups is 1. The Kier molecular flexibility index (Phi) is 9.88. The molecule has 0 saturated heterocycles. The van der Waals surface area contributed by atoms with E-state index in [9.17, 15) is 4.79 Å². The second kappa shape index (κ2) is 10.6. The Morgan fingerprint density at radius 1 is 1.32 bits per heavy atom. The number of nitrogens with zero attached hydrogens (tertiary/aromatic N) is 2. The van der Waals surface area contributed by atoms with Crippen molar-refractivity contribution in [3.63, 3.8) is 0 Å². The van der Waals surface area contributed by atoms with E-state index in [2.05, 4.69) is 29.2 Å². The lowest BCUT2D eigenvalue weighted by molar-refractivity contribution is -0.123. The third kappa shape index (κ3) is 7.00. The molecule has 4 N–H and O–H groups in total. The van der Waals surface area contributed by atoms with Crippen LogP contribution >= 0.6 is 0 Å². The molecule has 1 atom stereocenters. The molecule has 0 aromatic carbocycles. The standard InChI is InChI=1S/C13H28N4O2/c1-4-7-11(12(14)16-19)13(18)15-8-10-17(6-3)9-5-2/h11,19H,4-10H2,1-3H3,(H2,14,16)(H,15,18). The van der Waals surface area contributed by atoms with Gasteiger partial charge in [0.15, 0.2) is 5.84 Å². The van der Waals surface area contributed by atoms with Gasteiger partial charge in [-0.25, -0.2) is 0 Å². The summed E-state index contributed by atoms with van der Waals surface area (Å²) in [6.45, 7) is 9.62. The van der Waals surface area contributed by atoms with Gasteiger partial charge in [0.05, 0.1) is 5.92 Å². The van der Waals surface area contributed by atoms with Crippen molar-refractivity contribution in [1.82, 2.24) is 10.2 Å². The van der Waals surface area contributed by atoms with Gasteiger partial charge < -0.3 is 21.2 Å². The van der Waals surface area contributed by atoms with Crippen LogP contribution in [0.15, 0.2) is 5.16 Å². The van der Waals surface area contributed by atoms with Crippen LogP contribution in [-0.2, 0) is 4.79 Å². The van der Waals surface area contributed by atoms with E-state index >= 15 is 0 Å². The maximum atomic E-state index is 12.0. The van der Waals surface area contributed by atoms with Gasteiger partial charge >= 0.3 is 0 Å². The highest BCUT2D eigenvalue weighted by atomic mass is 16.4. The number of nitrogens with two attached hydrogens (primary N) is 1. The minimum atomic E-state index is -0.531. The van der Waals surface area contributed by atoms with Crippen LogP contribution in [0.25, 0.3) is 0 Å². The number of likely N-dealkylation sites (N-methyl/N-ethyl adjacent to an activating group) is 1. The van der Waals surface area contributed by atoms with Gasteiger partial charge in [0.2, 0.25) is 5.91 Å². The summed E-state index contributed by atoms with van der Waals surface area (Å²) in [7, 11) is 0. The third-order valence-corrected chi connectivity index (χ3v) is 3.08. The number of carbonyl (C=O) groups excluding carboxylic acids is 1. The number of amides is 1. The van der Waals surface area contributed by atoms with Crippen molar-refractivity contribution in [2.24, 2.45) is 16.8 Å². The van der Waals surface area contributed by atoms with E-state index in [4.69, 9.17) is 10.9 Å². The predicted octanol–water partition coefficient (Wildman–Crippen LogP) is 0.997. The van der Waals surface area contributed by atoms with Crippen LogP contribution in [0.3, 0.4) is 0 Å². The fourth-order valence-corrected chi connectivity index (χ4v) is 1.98. The molecule has 0 aromatic rings. The monoisotopic (exact) mass is 272 g/mol. The molecule has 19 heavy (non-hydrogen) atoms. The summed E-state index contributed by atoms with van der Waals surface area (Å²) in [6.07, 6.45) is 2.50. The van der Waals surface area contributed by atoms with Crippen LogP contribution in [0.4, 0.5) is 0 Å². The van der Waals surface area contributed by atoms with Crippen LogP contribution in [0.2, 0.25) is 0 Å². The molecular weight excluding hydrogens is 244 g/mol. The Balaban J connectivity index is 4.19. The zero-order chi connectivity index (χ0) is 14.7. The van der Waals surface area contributed by atoms with Gasteiger partial charge in [-0.05, 0) is 25.9 Å². The zero-order valence-electron chi connectivity index (χ0n) is 12.4. The van der Waals surface area contributed by atoms with E-state index in [1.807, 2.05) is 6.92 Å². The van der Waals surface area contributed by atoms with Crippen molar-refractivity contribution >= 4 is 11.7 Å². The van der Waals surface area contributed by atoms with Crippen molar-refractivity contribution < 1.29 is 10.0 Å². The number of nitrogens with one attached hydrogen (secondary N) is 1. The lowest BCUT2D eigenvalue weighted by Crippen LogP contribution is -2.42. The SMILES string of the molecule is CCCC(C(=O)NCCN(CC)CCC)C(N)=NO. The first-order chi connectivity index (χ1) is 9.10. The van der Waals surface area contributed by atoms with E-state index in [1.54, 1.807) is 0 Å². The quantitative estimate of drug-likeness (QED) is 0.239. The fraction of sp³-hybridized carbons (Fsp3) is 0.846. The highest BCUT2D eigenvalue weighted by Crippen LogP contribution is 2.06. The van der Waals surface area contributed by atoms with Gasteiger partial charge in [-0.15, -0.1) is 0 Å². The maximum absolute atomic E-state index is 12.0. The molecule has 0 heterocycles. The Hall–Kier alpha value is -1.30. The first kappa shape index (κ1) is 17.7. The smallest absolute Gasteiger partial charge is 0.230 e. The van der Waals surface area contributed by atoms with Crippen LogP contribution in [-0.4, -0.2) is 48.0 Å². The first-order valence-corrected chi connectivity index (χ1v) is 7.08. The Bertz CT molecular complexity index is 282. The Labute approximate surface area is 116 Å². The molecule has 6 nitrogen and oxygen atoms in total. The number of hydrogen-bond acceptors (Lipinski definition) is 4. The lowest BCUT2D eigenvalue weighted by atomic mass is 10.0. The van der Waals surface area contributed by atoms with Gasteiger partial charge in [-0.3, -0.25) is 4.79 Å². The van der Waals surface area contributed by atoms with Gasteiger partial charge in [0.25, 0.3) is 0 Å². The van der Waals surface area contributed by atoms with Crippen molar-refractivity contribution in [2.45, 2.75) is 40.0 Å². The summed E-state index contributed by atoms with van der Waals surface area (Å²) < 4.78 is 0. The van der Waals surface area contributed by atoms with E-state index < -0.39 is 5.92 Å². The molecule has 0 spiro atoms. The molecule has 0 rings (SSSR count). The van der Waals surface area contributed by atoms with Crippen LogP contribution < -0.4 is 11.1 Å². The Morgan fingerprint density at radius 2 is 2.00 bits per heavy atom. The maximum Gasteiger partial charge on any atom is 0.230 e. The molecule has 0 aromatic heterocycles. The molecule has 0 fully saturated rings. The third-order valence-electron chi connectivity index (χ3n) is 3.08. The predicted molar refractivity (Wildman–Crippen MR) is 77.2 cm³/mol. The molecule has 0 aliphatic rings. The molecule has 1 unspecified atom stereocenters. The average Bonchev–Trinajstić information content (AvgIpc) is 2.42. The minimum Gasteiger partial charge on any atom is -0.409 e. The number of oxime groups is 1. The molecule has 0 aliphatic carbocycles. The van der Waals surface area contributed by atoms with E-state index in [0.717, 1.165) is 32.5 Å². The molecule has 112 valence electrons. The highest BCUT2D eigenvalue weighted by molar-refractivity contribution is 6.02. The second-order valence-electron chi connectivity index (χ2n) is 4.59. The normalized spacial score (nSPS) is 13.6. The second-order valence-corrected chi connectivity index (χ2v) is 4.59. The summed E-state index contributed by atoms with van der Waals surface area (Å²) in [4.78, 5) is 14.2. The van der Waals surface area contributed by atoms with Gasteiger partial charge in [-0.1, -0.05) is 32.3 Å². The van der Waals surface area contributed by atoms with E-state index in [1.165, 1.54) is 0 Å². The van der Waals surface area contributed by atoms with Crippen molar-refractivity contribution in [1.29, 1.82) is 0 Å². The highest BCUT2D eigenvalue weighted by Gasteiger charge is 2.21. The summed E-state index contributed by atoms with van der Waals surface area (Å²) in [6, 6.07) is 0. The molecule has 0 aliphatic heterocycles. The van der Waals surface area contributed by atoms with Gasteiger partial charge in [0, 0.05) is 13.1 Å². The number of rotatable bonds is 10.